The fourth-order valence-electron chi connectivity index (χ4n) is 2.07. The first-order valence-electron chi connectivity index (χ1n) is 7.69. The Morgan fingerprint density at radius 2 is 1.84 bits per heavy atom. The maximum atomic E-state index is 12.1. The molecule has 0 spiro atoms. The van der Waals surface area contributed by atoms with E-state index in [4.69, 9.17) is 11.6 Å². The van der Waals surface area contributed by atoms with Crippen LogP contribution in [0.5, 0.6) is 0 Å². The van der Waals surface area contributed by atoms with Crippen LogP contribution in [0.4, 0.5) is 5.13 Å². The molecule has 7 heteroatoms. The van der Waals surface area contributed by atoms with E-state index in [0.717, 1.165) is 17.2 Å². The standard InChI is InChI=1S/C18H16ClN3OS2/c1-12-2-8-15(9-3-12)24-11-10-16-21-22-18(25-16)20-17(23)13-4-6-14(19)7-5-13/h2-9H,10-11H2,1H3,(H,20,22,23). The zero-order chi connectivity index (χ0) is 17.6. The van der Waals surface area contributed by atoms with E-state index < -0.39 is 0 Å². The summed E-state index contributed by atoms with van der Waals surface area (Å²) in [7, 11) is 0. The van der Waals surface area contributed by atoms with Crippen molar-refractivity contribution < 1.29 is 4.79 Å². The number of nitrogens with one attached hydrogen (secondary N) is 1. The summed E-state index contributed by atoms with van der Waals surface area (Å²) in [5.41, 5.74) is 1.80. The van der Waals surface area contributed by atoms with Crippen molar-refractivity contribution in [3.8, 4) is 0 Å². The molecule has 0 aliphatic heterocycles. The van der Waals surface area contributed by atoms with Crippen molar-refractivity contribution in [3.63, 3.8) is 0 Å². The summed E-state index contributed by atoms with van der Waals surface area (Å²) in [6.07, 6.45) is 0.813. The third kappa shape index (κ3) is 5.29. The minimum Gasteiger partial charge on any atom is -0.296 e. The molecule has 1 heterocycles. The molecule has 1 amide bonds. The van der Waals surface area contributed by atoms with Gasteiger partial charge in [-0.15, -0.1) is 22.0 Å². The molecule has 1 N–H and O–H groups in total. The molecule has 0 aliphatic rings. The molecule has 0 aliphatic carbocycles. The van der Waals surface area contributed by atoms with Crippen molar-refractivity contribution in [2.24, 2.45) is 0 Å². The Morgan fingerprint density at radius 3 is 2.56 bits per heavy atom. The molecule has 3 rings (SSSR count). The van der Waals surface area contributed by atoms with Gasteiger partial charge in [-0.2, -0.15) is 0 Å². The number of aromatic nitrogens is 2. The minimum absolute atomic E-state index is 0.214. The number of anilines is 1. The van der Waals surface area contributed by atoms with Gasteiger partial charge >= 0.3 is 0 Å². The Kier molecular flexibility index (Phi) is 6.07. The molecule has 1 aromatic heterocycles. The molecule has 0 radical (unpaired) electrons. The van der Waals surface area contributed by atoms with Crippen molar-refractivity contribution >= 4 is 45.7 Å². The summed E-state index contributed by atoms with van der Waals surface area (Å²) < 4.78 is 0. The zero-order valence-electron chi connectivity index (χ0n) is 13.5. The second-order valence-electron chi connectivity index (χ2n) is 5.37. The third-order valence-corrected chi connectivity index (χ3v) is 5.56. The Labute approximate surface area is 159 Å². The average Bonchev–Trinajstić information content (AvgIpc) is 3.04. The number of nitrogens with zero attached hydrogens (tertiary/aromatic N) is 2. The average molecular weight is 390 g/mol. The van der Waals surface area contributed by atoms with Crippen LogP contribution in [-0.2, 0) is 6.42 Å². The Hall–Kier alpha value is -1.89. The lowest BCUT2D eigenvalue weighted by Crippen LogP contribution is -2.11. The predicted octanol–water partition coefficient (Wildman–Crippen LogP) is 5.09. The molecule has 0 unspecified atom stereocenters. The lowest BCUT2D eigenvalue weighted by atomic mass is 10.2. The first-order valence-corrected chi connectivity index (χ1v) is 9.87. The van der Waals surface area contributed by atoms with Crippen LogP contribution < -0.4 is 5.32 Å². The second-order valence-corrected chi connectivity index (χ2v) is 8.04. The third-order valence-electron chi connectivity index (χ3n) is 3.40. The number of hydrogen-bond acceptors (Lipinski definition) is 5. The molecule has 0 fully saturated rings. The maximum absolute atomic E-state index is 12.1. The summed E-state index contributed by atoms with van der Waals surface area (Å²) in [5.74, 6) is 0.705. The number of amides is 1. The topological polar surface area (TPSA) is 54.9 Å². The highest BCUT2D eigenvalue weighted by Gasteiger charge is 2.10. The summed E-state index contributed by atoms with van der Waals surface area (Å²) in [4.78, 5) is 13.4. The first kappa shape index (κ1) is 17.9. The van der Waals surface area contributed by atoms with Gasteiger partial charge in [0.1, 0.15) is 5.01 Å². The van der Waals surface area contributed by atoms with Crippen LogP contribution in [0.1, 0.15) is 20.9 Å². The van der Waals surface area contributed by atoms with Crippen LogP contribution in [0.3, 0.4) is 0 Å². The van der Waals surface area contributed by atoms with Gasteiger partial charge in [0.15, 0.2) is 0 Å². The summed E-state index contributed by atoms with van der Waals surface area (Å²) in [6.45, 7) is 2.08. The van der Waals surface area contributed by atoms with Crippen molar-refractivity contribution in [2.45, 2.75) is 18.2 Å². The highest BCUT2D eigenvalue weighted by atomic mass is 35.5. The Morgan fingerprint density at radius 1 is 1.12 bits per heavy atom. The molecular formula is C18H16ClN3OS2. The monoisotopic (exact) mass is 389 g/mol. The Balaban J connectivity index is 1.51. The minimum atomic E-state index is -0.214. The summed E-state index contributed by atoms with van der Waals surface area (Å²) in [6, 6.07) is 15.2. The molecule has 0 saturated carbocycles. The molecule has 128 valence electrons. The van der Waals surface area contributed by atoms with Gasteiger partial charge in [-0.3, -0.25) is 10.1 Å². The Bertz CT molecular complexity index is 848. The van der Waals surface area contributed by atoms with E-state index in [1.54, 1.807) is 36.0 Å². The number of thioether (sulfide) groups is 1. The molecule has 2 aromatic carbocycles. The van der Waals surface area contributed by atoms with Gasteiger partial charge in [0.25, 0.3) is 5.91 Å². The van der Waals surface area contributed by atoms with Gasteiger partial charge in [0.05, 0.1) is 0 Å². The fraction of sp³-hybridized carbons (Fsp3) is 0.167. The van der Waals surface area contributed by atoms with Gasteiger partial charge < -0.3 is 0 Å². The van der Waals surface area contributed by atoms with E-state index in [1.165, 1.54) is 21.8 Å². The number of carbonyl (C=O) groups excluding carboxylic acids is 1. The lowest BCUT2D eigenvalue weighted by molar-refractivity contribution is 0.102. The van der Waals surface area contributed by atoms with Crippen LogP contribution in [0.25, 0.3) is 0 Å². The molecule has 25 heavy (non-hydrogen) atoms. The summed E-state index contributed by atoms with van der Waals surface area (Å²) in [5, 5.41) is 13.0. The van der Waals surface area contributed by atoms with Gasteiger partial charge in [0, 0.05) is 27.7 Å². The number of hydrogen-bond donors (Lipinski definition) is 1. The maximum Gasteiger partial charge on any atom is 0.257 e. The SMILES string of the molecule is Cc1ccc(SCCc2nnc(NC(=O)c3ccc(Cl)cc3)s2)cc1. The number of carbonyl (C=O) groups is 1. The van der Waals surface area contributed by atoms with E-state index in [2.05, 4.69) is 46.7 Å². The second kappa shape index (κ2) is 8.47. The lowest BCUT2D eigenvalue weighted by Gasteiger charge is -2.01. The number of aryl methyl sites for hydroxylation is 2. The normalized spacial score (nSPS) is 10.6. The van der Waals surface area contributed by atoms with E-state index in [9.17, 15) is 4.79 Å². The number of benzene rings is 2. The fourth-order valence-corrected chi connectivity index (χ4v) is 3.92. The predicted molar refractivity (Wildman–Crippen MR) is 105 cm³/mol. The van der Waals surface area contributed by atoms with Crippen molar-refractivity contribution in [1.82, 2.24) is 10.2 Å². The van der Waals surface area contributed by atoms with Gasteiger partial charge in [-0.05, 0) is 43.3 Å². The number of halogens is 1. The first-order chi connectivity index (χ1) is 12.1. The highest BCUT2D eigenvalue weighted by Crippen LogP contribution is 2.22. The summed E-state index contributed by atoms with van der Waals surface area (Å²) >= 11 is 9.01. The van der Waals surface area contributed by atoms with E-state index in [-0.39, 0.29) is 5.91 Å². The van der Waals surface area contributed by atoms with Gasteiger partial charge in [-0.25, -0.2) is 0 Å². The van der Waals surface area contributed by atoms with Gasteiger partial charge in [-0.1, -0.05) is 40.6 Å². The number of rotatable bonds is 6. The van der Waals surface area contributed by atoms with E-state index >= 15 is 0 Å². The molecule has 0 atom stereocenters. The van der Waals surface area contributed by atoms with Crippen LogP contribution >= 0.6 is 34.7 Å². The van der Waals surface area contributed by atoms with Crippen LogP contribution in [0.15, 0.2) is 53.4 Å². The van der Waals surface area contributed by atoms with E-state index in [1.807, 2.05) is 0 Å². The molecule has 0 bridgehead atoms. The molecule has 4 nitrogen and oxygen atoms in total. The zero-order valence-corrected chi connectivity index (χ0v) is 15.9. The van der Waals surface area contributed by atoms with Crippen LogP contribution in [0.2, 0.25) is 5.02 Å². The van der Waals surface area contributed by atoms with Crippen molar-refractivity contribution in [1.29, 1.82) is 0 Å². The van der Waals surface area contributed by atoms with Crippen molar-refractivity contribution in [3.05, 3.63) is 69.7 Å². The molecule has 0 saturated heterocycles. The van der Waals surface area contributed by atoms with Crippen molar-refractivity contribution in [2.75, 3.05) is 11.1 Å². The molecular weight excluding hydrogens is 374 g/mol. The van der Waals surface area contributed by atoms with Crippen LogP contribution in [0, 0.1) is 6.92 Å². The highest BCUT2D eigenvalue weighted by molar-refractivity contribution is 7.99. The molecule has 3 aromatic rings. The smallest absolute Gasteiger partial charge is 0.257 e. The van der Waals surface area contributed by atoms with E-state index in [0.29, 0.717) is 15.7 Å². The van der Waals surface area contributed by atoms with Crippen LogP contribution in [-0.4, -0.2) is 21.9 Å². The van der Waals surface area contributed by atoms with Gasteiger partial charge in [0.2, 0.25) is 5.13 Å². The largest absolute Gasteiger partial charge is 0.296 e. The quantitative estimate of drug-likeness (QED) is 0.597.